The average Bonchev–Trinajstić information content (AvgIpc) is 2.97. The Morgan fingerprint density at radius 1 is 1.44 bits per heavy atom. The molecule has 1 aliphatic rings. The highest BCUT2D eigenvalue weighted by atomic mass is 79.9. The molecule has 0 bridgehead atoms. The third-order valence-corrected chi connectivity index (χ3v) is 3.36. The van der Waals surface area contributed by atoms with Gasteiger partial charge in [-0.15, -0.1) is 0 Å². The van der Waals surface area contributed by atoms with Gasteiger partial charge in [0.1, 0.15) is 18.1 Å². The Bertz CT molecular complexity index is 594. The van der Waals surface area contributed by atoms with Gasteiger partial charge >= 0.3 is 0 Å². The summed E-state index contributed by atoms with van der Waals surface area (Å²) < 4.78 is 6.38. The van der Waals surface area contributed by atoms with Gasteiger partial charge in [-0.25, -0.2) is 0 Å². The van der Waals surface area contributed by atoms with E-state index in [-0.39, 0.29) is 11.9 Å². The molecule has 0 saturated carbocycles. The fourth-order valence-corrected chi connectivity index (χ4v) is 2.36. The molecule has 1 unspecified atom stereocenters. The molecule has 2 heterocycles. The van der Waals surface area contributed by atoms with Crippen LogP contribution < -0.4 is 10.1 Å². The lowest BCUT2D eigenvalue weighted by Crippen LogP contribution is -2.29. The van der Waals surface area contributed by atoms with Crippen molar-refractivity contribution in [2.75, 3.05) is 6.61 Å². The predicted octanol–water partition coefficient (Wildman–Crippen LogP) is 2.64. The molecule has 0 spiro atoms. The summed E-state index contributed by atoms with van der Waals surface area (Å²) in [5.74, 6) is 0.710. The van der Waals surface area contributed by atoms with Crippen LogP contribution in [0.4, 0.5) is 0 Å². The molecule has 1 aliphatic heterocycles. The van der Waals surface area contributed by atoms with Gasteiger partial charge in [-0.3, -0.25) is 4.79 Å². The second-order valence-electron chi connectivity index (χ2n) is 4.11. The molecule has 4 nitrogen and oxygen atoms in total. The van der Waals surface area contributed by atoms with Crippen molar-refractivity contribution in [2.45, 2.75) is 6.04 Å². The van der Waals surface area contributed by atoms with E-state index in [0.29, 0.717) is 12.3 Å². The highest BCUT2D eigenvalue weighted by molar-refractivity contribution is 9.10. The van der Waals surface area contributed by atoms with E-state index < -0.39 is 0 Å². The third kappa shape index (κ3) is 2.01. The summed E-state index contributed by atoms with van der Waals surface area (Å²) in [6, 6.07) is 9.40. The van der Waals surface area contributed by atoms with Crippen LogP contribution in [-0.4, -0.2) is 17.5 Å². The zero-order valence-electron chi connectivity index (χ0n) is 9.44. The van der Waals surface area contributed by atoms with Crippen LogP contribution >= 0.6 is 15.9 Å². The number of para-hydroxylation sites is 1. The fourth-order valence-electron chi connectivity index (χ4n) is 2.02. The van der Waals surface area contributed by atoms with Crippen molar-refractivity contribution in [2.24, 2.45) is 0 Å². The number of H-pyrrole nitrogens is 1. The van der Waals surface area contributed by atoms with Gasteiger partial charge in [0.15, 0.2) is 0 Å². The number of ether oxygens (including phenoxy) is 1. The lowest BCUT2D eigenvalue weighted by molar-refractivity contribution is 0.0926. The van der Waals surface area contributed by atoms with Crippen LogP contribution in [0.15, 0.2) is 41.0 Å². The van der Waals surface area contributed by atoms with E-state index in [0.717, 1.165) is 15.8 Å². The molecule has 0 saturated heterocycles. The number of fused-ring (bicyclic) bond motifs is 1. The molecule has 1 aromatic heterocycles. The number of carbonyl (C=O) groups excluding carboxylic acids is 1. The van der Waals surface area contributed by atoms with Crippen LogP contribution in [0.25, 0.3) is 0 Å². The van der Waals surface area contributed by atoms with E-state index in [9.17, 15) is 4.79 Å². The molecule has 18 heavy (non-hydrogen) atoms. The Labute approximate surface area is 112 Å². The number of carbonyl (C=O) groups is 1. The van der Waals surface area contributed by atoms with Gasteiger partial charge in [0.2, 0.25) is 0 Å². The maximum absolute atomic E-state index is 12.0. The van der Waals surface area contributed by atoms with Crippen LogP contribution in [0.1, 0.15) is 22.1 Å². The SMILES string of the molecule is O=C(NC1COc2ccccc21)c1cc(Br)c[nH]1. The van der Waals surface area contributed by atoms with E-state index >= 15 is 0 Å². The molecule has 1 atom stereocenters. The molecule has 0 radical (unpaired) electrons. The zero-order valence-corrected chi connectivity index (χ0v) is 11.0. The first-order valence-corrected chi connectivity index (χ1v) is 6.40. The van der Waals surface area contributed by atoms with E-state index in [1.807, 2.05) is 24.3 Å². The maximum Gasteiger partial charge on any atom is 0.268 e. The van der Waals surface area contributed by atoms with Crippen molar-refractivity contribution in [1.82, 2.24) is 10.3 Å². The quantitative estimate of drug-likeness (QED) is 0.896. The van der Waals surface area contributed by atoms with Crippen LogP contribution in [0.3, 0.4) is 0 Å². The van der Waals surface area contributed by atoms with Gasteiger partial charge in [0, 0.05) is 16.2 Å². The van der Waals surface area contributed by atoms with Crippen molar-refractivity contribution in [3.63, 3.8) is 0 Å². The number of hydrogen-bond donors (Lipinski definition) is 2. The topological polar surface area (TPSA) is 54.1 Å². The second-order valence-corrected chi connectivity index (χ2v) is 5.02. The number of halogens is 1. The molecular weight excluding hydrogens is 296 g/mol. The average molecular weight is 307 g/mol. The van der Waals surface area contributed by atoms with Gasteiger partial charge < -0.3 is 15.0 Å². The summed E-state index contributed by atoms with van der Waals surface area (Å²) in [5.41, 5.74) is 1.56. The van der Waals surface area contributed by atoms with Crippen molar-refractivity contribution >= 4 is 21.8 Å². The molecule has 0 fully saturated rings. The standard InChI is InChI=1S/C13H11BrN2O2/c14-8-5-10(15-6-8)13(17)16-11-7-18-12-4-2-1-3-9(11)12/h1-6,11,15H,7H2,(H,16,17). The fraction of sp³-hybridized carbons (Fsp3) is 0.154. The van der Waals surface area contributed by atoms with Crippen LogP contribution in [0.2, 0.25) is 0 Å². The molecule has 3 rings (SSSR count). The van der Waals surface area contributed by atoms with Crippen molar-refractivity contribution in [3.05, 3.63) is 52.3 Å². The van der Waals surface area contributed by atoms with E-state index in [2.05, 4.69) is 26.2 Å². The van der Waals surface area contributed by atoms with E-state index in [1.54, 1.807) is 12.3 Å². The molecule has 5 heteroatoms. The Morgan fingerprint density at radius 2 is 2.28 bits per heavy atom. The largest absolute Gasteiger partial charge is 0.491 e. The van der Waals surface area contributed by atoms with Crippen LogP contribution in [-0.2, 0) is 0 Å². The molecule has 2 aromatic rings. The summed E-state index contributed by atoms with van der Waals surface area (Å²) in [6.07, 6.45) is 1.73. The number of amides is 1. The van der Waals surface area contributed by atoms with Gasteiger partial charge in [-0.05, 0) is 28.1 Å². The smallest absolute Gasteiger partial charge is 0.268 e. The zero-order chi connectivity index (χ0) is 12.5. The first-order chi connectivity index (χ1) is 8.74. The van der Waals surface area contributed by atoms with Gasteiger partial charge in [0.05, 0.1) is 6.04 Å². The van der Waals surface area contributed by atoms with Crippen molar-refractivity contribution < 1.29 is 9.53 Å². The number of benzene rings is 1. The summed E-state index contributed by atoms with van der Waals surface area (Å²) in [4.78, 5) is 14.9. The lowest BCUT2D eigenvalue weighted by Gasteiger charge is -2.10. The highest BCUT2D eigenvalue weighted by Crippen LogP contribution is 2.31. The van der Waals surface area contributed by atoms with Crippen molar-refractivity contribution in [3.8, 4) is 5.75 Å². The Hall–Kier alpha value is -1.75. The van der Waals surface area contributed by atoms with E-state index in [4.69, 9.17) is 4.74 Å². The summed E-state index contributed by atoms with van der Waals surface area (Å²) in [7, 11) is 0. The normalized spacial score (nSPS) is 17.1. The van der Waals surface area contributed by atoms with Crippen LogP contribution in [0.5, 0.6) is 5.75 Å². The molecule has 2 N–H and O–H groups in total. The van der Waals surface area contributed by atoms with E-state index in [1.165, 1.54) is 0 Å². The van der Waals surface area contributed by atoms with Gasteiger partial charge in [0.25, 0.3) is 5.91 Å². The number of nitrogens with one attached hydrogen (secondary N) is 2. The Morgan fingerprint density at radius 3 is 3.06 bits per heavy atom. The summed E-state index contributed by atoms with van der Waals surface area (Å²) in [6.45, 7) is 0.479. The molecule has 1 aromatic carbocycles. The molecular formula is C13H11BrN2O2. The number of rotatable bonds is 2. The Balaban J connectivity index is 1.77. The van der Waals surface area contributed by atoms with Crippen molar-refractivity contribution in [1.29, 1.82) is 0 Å². The van der Waals surface area contributed by atoms with Gasteiger partial charge in [-0.1, -0.05) is 18.2 Å². The predicted molar refractivity (Wildman–Crippen MR) is 70.6 cm³/mol. The number of aromatic amines is 1. The monoisotopic (exact) mass is 306 g/mol. The number of aromatic nitrogens is 1. The summed E-state index contributed by atoms with van der Waals surface area (Å²) in [5, 5.41) is 2.95. The third-order valence-electron chi connectivity index (χ3n) is 2.90. The second kappa shape index (κ2) is 4.49. The van der Waals surface area contributed by atoms with Gasteiger partial charge in [-0.2, -0.15) is 0 Å². The highest BCUT2D eigenvalue weighted by Gasteiger charge is 2.25. The minimum atomic E-state index is -0.133. The molecule has 0 aliphatic carbocycles. The first kappa shape index (κ1) is 11.3. The Kier molecular flexibility index (Phi) is 2.83. The first-order valence-electron chi connectivity index (χ1n) is 5.60. The molecule has 1 amide bonds. The lowest BCUT2D eigenvalue weighted by atomic mass is 10.1. The minimum absolute atomic E-state index is 0.0872. The maximum atomic E-state index is 12.0. The summed E-state index contributed by atoms with van der Waals surface area (Å²) >= 11 is 3.30. The minimum Gasteiger partial charge on any atom is -0.491 e. The van der Waals surface area contributed by atoms with Crippen LogP contribution in [0, 0.1) is 0 Å². The number of hydrogen-bond acceptors (Lipinski definition) is 2. The molecule has 92 valence electrons.